The summed E-state index contributed by atoms with van der Waals surface area (Å²) in [5, 5.41) is 158. The van der Waals surface area contributed by atoms with E-state index in [9.17, 15) is 76.6 Å². The predicted molar refractivity (Wildman–Crippen MR) is 269 cm³/mol. The minimum atomic E-state index is -1.80. The highest BCUT2D eigenvalue weighted by Gasteiger charge is 2.67. The molecule has 4 aliphatic heterocycles. The van der Waals surface area contributed by atoms with Gasteiger partial charge in [0.2, 0.25) is 0 Å². The van der Waals surface area contributed by atoms with Gasteiger partial charge in [0, 0.05) is 5.41 Å². The normalized spacial score (nSPS) is 50.6. The second-order valence-electron chi connectivity index (χ2n) is 24.4. The zero-order valence-electron chi connectivity index (χ0n) is 46.0. The van der Waals surface area contributed by atoms with Crippen LogP contribution in [0.5, 0.6) is 0 Å². The summed E-state index contributed by atoms with van der Waals surface area (Å²) in [5.41, 5.74) is -0.474. The van der Waals surface area contributed by atoms with Crippen LogP contribution in [0, 0.1) is 46.3 Å². The van der Waals surface area contributed by atoms with Crippen LogP contribution >= 0.6 is 0 Å². The summed E-state index contributed by atoms with van der Waals surface area (Å²) in [6.07, 6.45) is -22.8. The fourth-order valence-electron chi connectivity index (χ4n) is 15.5. The molecule has 8 unspecified atom stereocenters. The molecule has 0 radical (unpaired) electrons. The van der Waals surface area contributed by atoms with Crippen molar-refractivity contribution in [3.8, 4) is 0 Å². The van der Waals surface area contributed by atoms with E-state index >= 15 is 0 Å². The molecule has 15 N–H and O–H groups in total. The number of ether oxygens (including phenoxy) is 10. The van der Waals surface area contributed by atoms with E-state index in [2.05, 4.69) is 27.7 Å². The zero-order chi connectivity index (χ0) is 57.2. The van der Waals surface area contributed by atoms with Crippen molar-refractivity contribution in [2.75, 3.05) is 52.9 Å². The van der Waals surface area contributed by atoms with Crippen molar-refractivity contribution in [1.82, 2.24) is 0 Å². The highest BCUT2D eigenvalue weighted by molar-refractivity contribution is 5.15. The molecule has 0 aromatic rings. The molecule has 0 amide bonds. The summed E-state index contributed by atoms with van der Waals surface area (Å²) in [6, 6.07) is 0. The smallest absolute Gasteiger partial charge is 0.187 e. The number of hydrogen-bond acceptors (Lipinski definition) is 25. The van der Waals surface area contributed by atoms with Gasteiger partial charge in [-0.05, 0) is 85.9 Å². The van der Waals surface area contributed by atoms with E-state index in [1.165, 1.54) is 0 Å². The van der Waals surface area contributed by atoms with Crippen molar-refractivity contribution in [1.29, 1.82) is 0 Å². The Morgan fingerprint density at radius 1 is 0.494 bits per heavy atom. The Balaban J connectivity index is 0.937. The van der Waals surface area contributed by atoms with Gasteiger partial charge in [-0.3, -0.25) is 0 Å². The van der Waals surface area contributed by atoms with E-state index in [1.807, 2.05) is 0 Å². The molecule has 25 heteroatoms. The molecular formula is C54H94O25. The van der Waals surface area contributed by atoms with E-state index in [-0.39, 0.29) is 73.1 Å². The Morgan fingerprint density at radius 2 is 0.975 bits per heavy atom. The number of rotatable bonds is 23. The fraction of sp³-hybridized carbons (Fsp3) is 1.00. The minimum absolute atomic E-state index is 0.0634. The first kappa shape index (κ1) is 64.0. The van der Waals surface area contributed by atoms with Crippen LogP contribution < -0.4 is 0 Å². The molecule has 4 saturated heterocycles. The minimum Gasteiger partial charge on any atom is -0.394 e. The average molecular weight is 1140 g/mol. The second kappa shape index (κ2) is 27.6. The van der Waals surface area contributed by atoms with E-state index < -0.39 is 155 Å². The molecule has 79 heavy (non-hydrogen) atoms. The highest BCUT2D eigenvalue weighted by atomic mass is 16.8. The molecule has 8 rings (SSSR count). The van der Waals surface area contributed by atoms with Crippen molar-refractivity contribution in [3.05, 3.63) is 0 Å². The summed E-state index contributed by atoms with van der Waals surface area (Å²) >= 11 is 0. The van der Waals surface area contributed by atoms with E-state index in [4.69, 9.17) is 47.4 Å². The Morgan fingerprint density at radius 3 is 1.48 bits per heavy atom. The average Bonchev–Trinajstić information content (AvgIpc) is 3.88. The van der Waals surface area contributed by atoms with Gasteiger partial charge in [-0.2, -0.15) is 0 Å². The first-order valence-electron chi connectivity index (χ1n) is 29.0. The number of hydrogen-bond donors (Lipinski definition) is 15. The highest BCUT2D eigenvalue weighted by Crippen LogP contribution is 2.69. The Bertz CT molecular complexity index is 1860. The molecule has 460 valence electrons. The van der Waals surface area contributed by atoms with Gasteiger partial charge < -0.3 is 124 Å². The number of aliphatic hydroxyl groups is 15. The predicted octanol–water partition coefficient (Wildman–Crippen LogP) is -3.51. The van der Waals surface area contributed by atoms with Gasteiger partial charge in [0.15, 0.2) is 25.2 Å². The van der Waals surface area contributed by atoms with Gasteiger partial charge in [0.1, 0.15) is 97.7 Å². The maximum absolute atomic E-state index is 11.3. The van der Waals surface area contributed by atoms with Gasteiger partial charge >= 0.3 is 0 Å². The molecule has 4 saturated carbocycles. The monoisotopic (exact) mass is 1140 g/mol. The van der Waals surface area contributed by atoms with Crippen LogP contribution in [0.15, 0.2) is 0 Å². The van der Waals surface area contributed by atoms with Crippen molar-refractivity contribution in [2.24, 2.45) is 46.3 Å². The maximum atomic E-state index is 11.3. The van der Waals surface area contributed by atoms with Gasteiger partial charge in [0.05, 0.1) is 71.2 Å². The number of aliphatic hydroxyl groups excluding tert-OH is 15. The molecule has 25 nitrogen and oxygen atoms in total. The summed E-state index contributed by atoms with van der Waals surface area (Å²) in [5.74, 6) is 1.20. The summed E-state index contributed by atoms with van der Waals surface area (Å²) in [4.78, 5) is 0. The fourth-order valence-corrected chi connectivity index (χ4v) is 15.5. The summed E-state index contributed by atoms with van der Waals surface area (Å²) in [6.45, 7) is 6.42. The molecule has 8 aliphatic rings. The van der Waals surface area contributed by atoms with Gasteiger partial charge in [-0.25, -0.2) is 0 Å². The molecule has 8 fully saturated rings. The van der Waals surface area contributed by atoms with Crippen LogP contribution in [-0.4, -0.2) is 271 Å². The number of fused-ring (bicyclic) bond motifs is 5. The summed E-state index contributed by atoms with van der Waals surface area (Å²) in [7, 11) is 0. The van der Waals surface area contributed by atoms with E-state index in [0.29, 0.717) is 37.5 Å². The third kappa shape index (κ3) is 12.9. The third-order valence-electron chi connectivity index (χ3n) is 20.0. The first-order valence-corrected chi connectivity index (χ1v) is 29.0. The lowest BCUT2D eigenvalue weighted by molar-refractivity contribution is -0.360. The lowest BCUT2D eigenvalue weighted by Crippen LogP contribution is -2.64. The second-order valence-corrected chi connectivity index (χ2v) is 24.4. The molecule has 0 aromatic carbocycles. The molecule has 0 bridgehead atoms. The van der Waals surface area contributed by atoms with Gasteiger partial charge in [-0.15, -0.1) is 0 Å². The lowest BCUT2D eigenvalue weighted by Gasteiger charge is -2.64. The molecule has 4 aliphatic carbocycles. The Hall–Kier alpha value is -1.00. The lowest BCUT2D eigenvalue weighted by atomic mass is 9.43. The topological polar surface area (TPSA) is 396 Å². The van der Waals surface area contributed by atoms with E-state index in [0.717, 1.165) is 44.9 Å². The first-order chi connectivity index (χ1) is 37.7. The molecule has 4 heterocycles. The SMILES string of the molecule is CCCCC[C@@H](C)[C@H]1CC[C@H]2[C@@H]3[C@H](OCCO[C@@H]4OC(CO)[C@@H](O[C@H]5OC(CO)[C@@H](O)C(O)[C@@H]5O)C(O)[C@@H]4O)C[C@@H]4C[C@H](O)CC[C@]4(C)[C@H]3C[C@H](OCCO[C@@H]3OC(CO)[C@@H](O[C@H]4OC(CO)[C@@H](O)[C@H](O)C4O)C(O)[C@@H]3O)[C@]12C. The standard InChI is InChI=1S/C54H94O25/c1-5-6-7-8-24(2)27-9-10-28-36-29(19-35(54(27,28)4)71-14-16-73-50-46(69)42(65)48(34(23-58)77-50)79-52-44(67)40(63)38(61)32(21-56)75-52)53(3)12-11-26(59)17-25(53)18-30(36)70-13-15-72-49-45(68)41(64)47(33(22-57)76-49)78-51-43(66)39(62)37(60)31(20-55)74-51/h24-52,55-69H,5-23H2,1-4H3/t24-,25+,26-,27-,28+,29+,30-,31?,32?,33?,34?,35+,36+,37-,38-,39?,40+,41?,42?,43+,44?,45+,46+,47-,48-,49-,50-,51-,52-,53+,54-/m1/s1. The maximum Gasteiger partial charge on any atom is 0.187 e. The largest absolute Gasteiger partial charge is 0.394 e. The van der Waals surface area contributed by atoms with Crippen LogP contribution in [0.3, 0.4) is 0 Å². The van der Waals surface area contributed by atoms with Crippen LogP contribution in [0.2, 0.25) is 0 Å². The Kier molecular flexibility index (Phi) is 22.3. The molecule has 0 spiro atoms. The van der Waals surface area contributed by atoms with Crippen LogP contribution in [0.25, 0.3) is 0 Å². The van der Waals surface area contributed by atoms with Crippen LogP contribution in [-0.2, 0) is 47.4 Å². The van der Waals surface area contributed by atoms with Crippen molar-refractivity contribution >= 4 is 0 Å². The quantitative estimate of drug-likeness (QED) is 0.0441. The van der Waals surface area contributed by atoms with Crippen LogP contribution in [0.4, 0.5) is 0 Å². The van der Waals surface area contributed by atoms with Crippen molar-refractivity contribution < 1.29 is 124 Å². The van der Waals surface area contributed by atoms with Gasteiger partial charge in [-0.1, -0.05) is 53.4 Å². The zero-order valence-corrected chi connectivity index (χ0v) is 46.0. The summed E-state index contributed by atoms with van der Waals surface area (Å²) < 4.78 is 60.1. The third-order valence-corrected chi connectivity index (χ3v) is 20.0. The molecule has 31 atom stereocenters. The molecular weight excluding hydrogens is 1050 g/mol. The number of unbranched alkanes of at least 4 members (excludes halogenated alkanes) is 2. The van der Waals surface area contributed by atoms with Gasteiger partial charge in [0.25, 0.3) is 0 Å². The van der Waals surface area contributed by atoms with Crippen molar-refractivity contribution in [3.63, 3.8) is 0 Å². The molecule has 0 aromatic heterocycles. The van der Waals surface area contributed by atoms with E-state index in [1.54, 1.807) is 0 Å². The Labute approximate surface area is 461 Å². The van der Waals surface area contributed by atoms with Crippen molar-refractivity contribution in [2.45, 2.75) is 239 Å². The van der Waals surface area contributed by atoms with Crippen LogP contribution in [0.1, 0.15) is 98.3 Å².